The van der Waals surface area contributed by atoms with Gasteiger partial charge in [0.25, 0.3) is 0 Å². The molecule has 1 heterocycles. The fourth-order valence-electron chi connectivity index (χ4n) is 1.16. The van der Waals surface area contributed by atoms with Crippen LogP contribution in [0.4, 0.5) is 0 Å². The highest BCUT2D eigenvalue weighted by molar-refractivity contribution is 9.21. The molecule has 0 bridgehead atoms. The van der Waals surface area contributed by atoms with Gasteiger partial charge in [-0.2, -0.15) is 4.59 Å². The summed E-state index contributed by atoms with van der Waals surface area (Å²) in [6.45, 7) is 3.16. The molecule has 1 aliphatic rings. The highest BCUT2D eigenvalue weighted by atomic mass is 79.9. The molecule has 0 fully saturated rings. The summed E-state index contributed by atoms with van der Waals surface area (Å²) in [5.74, 6) is 0. The highest BCUT2D eigenvalue weighted by Crippen LogP contribution is 2.37. The molecule has 12 heavy (non-hydrogen) atoms. The molecule has 0 aromatic carbocycles. The second-order valence-electron chi connectivity index (χ2n) is 2.86. The number of halogens is 3. The van der Waals surface area contributed by atoms with Crippen LogP contribution in [0.25, 0.3) is 0 Å². The lowest BCUT2D eigenvalue weighted by molar-refractivity contribution is -0.868. The van der Waals surface area contributed by atoms with Gasteiger partial charge < -0.3 is 0 Å². The third-order valence-corrected chi connectivity index (χ3v) is 5.28. The van der Waals surface area contributed by atoms with Gasteiger partial charge in [-0.1, -0.05) is 12.0 Å². The van der Waals surface area contributed by atoms with Crippen molar-refractivity contribution in [2.75, 3.05) is 13.6 Å². The Hall–Kier alpha value is 0.810. The average Bonchev–Trinajstić information content (AvgIpc) is 2.17. The van der Waals surface area contributed by atoms with Gasteiger partial charge in [0.15, 0.2) is 4.62 Å². The standard InChI is InChI=1S/C7H10Br3N2/c1-3-4-12(2)7(10)5(8)6(9)11-12/h3-4H2,1-2H3/q+1. The summed E-state index contributed by atoms with van der Waals surface area (Å²) >= 11 is 10.4. The smallest absolute Gasteiger partial charge is 0.161 e. The number of quaternary nitrogens is 1. The zero-order valence-electron chi connectivity index (χ0n) is 6.94. The monoisotopic (exact) mass is 359 g/mol. The van der Waals surface area contributed by atoms with Crippen LogP contribution in [0.15, 0.2) is 14.2 Å². The Morgan fingerprint density at radius 2 is 1.92 bits per heavy atom. The molecule has 0 amide bonds. The van der Waals surface area contributed by atoms with E-state index < -0.39 is 0 Å². The first kappa shape index (κ1) is 10.9. The van der Waals surface area contributed by atoms with Crippen molar-refractivity contribution >= 4 is 52.4 Å². The predicted octanol–water partition coefficient (Wildman–Crippen LogP) is 3.52. The van der Waals surface area contributed by atoms with Crippen molar-refractivity contribution in [3.63, 3.8) is 0 Å². The summed E-state index contributed by atoms with van der Waals surface area (Å²) < 4.78 is 3.57. The van der Waals surface area contributed by atoms with Crippen molar-refractivity contribution in [2.45, 2.75) is 13.3 Å². The minimum absolute atomic E-state index is 0.595. The van der Waals surface area contributed by atoms with Gasteiger partial charge in [-0.05, 0) is 38.3 Å². The Morgan fingerprint density at radius 1 is 1.33 bits per heavy atom. The van der Waals surface area contributed by atoms with Crippen LogP contribution in [-0.4, -0.2) is 22.8 Å². The fourth-order valence-corrected chi connectivity index (χ4v) is 2.87. The van der Waals surface area contributed by atoms with E-state index in [1.54, 1.807) is 0 Å². The summed E-state index contributed by atoms with van der Waals surface area (Å²) in [7, 11) is 2.07. The Morgan fingerprint density at radius 3 is 2.25 bits per heavy atom. The summed E-state index contributed by atoms with van der Waals surface area (Å²) in [5, 5.41) is 4.48. The van der Waals surface area contributed by atoms with E-state index in [0.717, 1.165) is 26.7 Å². The maximum absolute atomic E-state index is 4.48. The first-order chi connectivity index (χ1) is 5.51. The summed E-state index contributed by atoms with van der Waals surface area (Å²) in [4.78, 5) is 0. The van der Waals surface area contributed by atoms with Gasteiger partial charge in [0.1, 0.15) is 11.0 Å². The van der Waals surface area contributed by atoms with Crippen LogP contribution < -0.4 is 0 Å². The van der Waals surface area contributed by atoms with Gasteiger partial charge >= 0.3 is 0 Å². The zero-order valence-corrected chi connectivity index (χ0v) is 11.7. The van der Waals surface area contributed by atoms with Crippen molar-refractivity contribution in [3.05, 3.63) is 9.09 Å². The Labute approximate surface area is 97.7 Å². The summed E-state index contributed by atoms with van der Waals surface area (Å²) in [5.41, 5.74) is 0. The van der Waals surface area contributed by atoms with Crippen molar-refractivity contribution < 1.29 is 4.59 Å². The summed E-state index contributed by atoms with van der Waals surface area (Å²) in [6, 6.07) is 0. The molecule has 1 rings (SSSR count). The van der Waals surface area contributed by atoms with Gasteiger partial charge in [-0.3, -0.25) is 0 Å². The third-order valence-electron chi connectivity index (χ3n) is 1.75. The van der Waals surface area contributed by atoms with E-state index >= 15 is 0 Å². The van der Waals surface area contributed by atoms with E-state index in [0.29, 0.717) is 4.59 Å². The molecule has 0 aromatic heterocycles. The molecule has 0 saturated heterocycles. The van der Waals surface area contributed by atoms with Crippen molar-refractivity contribution in [3.8, 4) is 0 Å². The number of hydrogen-bond acceptors (Lipinski definition) is 1. The highest BCUT2D eigenvalue weighted by Gasteiger charge is 2.35. The lowest BCUT2D eigenvalue weighted by Gasteiger charge is -2.22. The Kier molecular flexibility index (Phi) is 3.54. The van der Waals surface area contributed by atoms with E-state index in [1.165, 1.54) is 0 Å². The van der Waals surface area contributed by atoms with E-state index in [9.17, 15) is 0 Å². The molecule has 1 aliphatic heterocycles. The van der Waals surface area contributed by atoms with Crippen LogP contribution in [0.2, 0.25) is 0 Å². The molecule has 5 heteroatoms. The van der Waals surface area contributed by atoms with Crippen LogP contribution in [0.5, 0.6) is 0 Å². The van der Waals surface area contributed by atoms with Gasteiger partial charge in [0, 0.05) is 15.9 Å². The normalized spacial score (nSPS) is 29.6. The van der Waals surface area contributed by atoms with E-state index in [-0.39, 0.29) is 0 Å². The third kappa shape index (κ3) is 1.84. The molecule has 1 atom stereocenters. The first-order valence-electron chi connectivity index (χ1n) is 3.68. The van der Waals surface area contributed by atoms with Crippen LogP contribution in [0, 0.1) is 0 Å². The lowest BCUT2D eigenvalue weighted by atomic mass is 10.4. The maximum Gasteiger partial charge on any atom is 0.219 e. The first-order valence-corrected chi connectivity index (χ1v) is 6.06. The molecule has 0 saturated carbocycles. The second-order valence-corrected chi connectivity index (χ2v) is 5.15. The maximum atomic E-state index is 4.48. The minimum Gasteiger partial charge on any atom is -0.161 e. The second kappa shape index (κ2) is 3.90. The molecule has 0 aliphatic carbocycles. The lowest BCUT2D eigenvalue weighted by Crippen LogP contribution is -2.34. The molecule has 1 unspecified atom stereocenters. The van der Waals surface area contributed by atoms with E-state index in [2.05, 4.69) is 66.9 Å². The van der Waals surface area contributed by atoms with Gasteiger partial charge in [0.05, 0.1) is 7.05 Å². The van der Waals surface area contributed by atoms with E-state index in [1.807, 2.05) is 0 Å². The molecular formula is C7H10Br3N2+. The Balaban J connectivity index is 2.97. The average molecular weight is 362 g/mol. The topological polar surface area (TPSA) is 12.4 Å². The van der Waals surface area contributed by atoms with Gasteiger partial charge in [-0.15, -0.1) is 0 Å². The predicted molar refractivity (Wildman–Crippen MR) is 62.6 cm³/mol. The van der Waals surface area contributed by atoms with Crippen molar-refractivity contribution in [1.82, 2.24) is 0 Å². The number of nitrogens with zero attached hydrogens (tertiary/aromatic N) is 2. The van der Waals surface area contributed by atoms with Gasteiger partial charge in [-0.25, -0.2) is 0 Å². The van der Waals surface area contributed by atoms with Crippen molar-refractivity contribution in [1.29, 1.82) is 0 Å². The number of hydrogen-bond donors (Lipinski definition) is 0. The van der Waals surface area contributed by atoms with Crippen LogP contribution >= 0.6 is 47.8 Å². The largest absolute Gasteiger partial charge is 0.219 e. The van der Waals surface area contributed by atoms with Gasteiger partial charge in [0.2, 0.25) is 4.61 Å². The molecular weight excluding hydrogens is 352 g/mol. The molecule has 2 nitrogen and oxygen atoms in total. The minimum atomic E-state index is 0.595. The van der Waals surface area contributed by atoms with Crippen LogP contribution in [-0.2, 0) is 0 Å². The zero-order chi connectivity index (χ0) is 9.35. The van der Waals surface area contributed by atoms with Crippen LogP contribution in [0.3, 0.4) is 0 Å². The van der Waals surface area contributed by atoms with Crippen LogP contribution in [0.1, 0.15) is 13.3 Å². The molecule has 0 aromatic rings. The molecule has 0 spiro atoms. The quantitative estimate of drug-likeness (QED) is 0.527. The summed E-state index contributed by atoms with van der Waals surface area (Å²) in [6.07, 6.45) is 1.11. The molecule has 0 N–H and O–H groups in total. The number of allylic oxidation sites excluding steroid dienone is 1. The fraction of sp³-hybridized carbons (Fsp3) is 0.571. The van der Waals surface area contributed by atoms with E-state index in [4.69, 9.17) is 0 Å². The Bertz CT molecular complexity index is 259. The molecule has 0 radical (unpaired) electrons. The number of rotatable bonds is 2. The van der Waals surface area contributed by atoms with Crippen molar-refractivity contribution in [2.24, 2.45) is 5.10 Å². The molecule has 68 valence electrons. The SMILES string of the molecule is CCC[N+]1(C)N=C(Br)C(Br)=C1Br.